The number of hydrogen-bond donors (Lipinski definition) is 2. The quantitative estimate of drug-likeness (QED) is 0.495. The third kappa shape index (κ3) is 58.7. The van der Waals surface area contributed by atoms with Crippen molar-refractivity contribution in [3.63, 3.8) is 0 Å². The molecule has 0 aromatic carbocycles. The van der Waals surface area contributed by atoms with Gasteiger partial charge >= 0.3 is 6.16 Å². The molecule has 0 radical (unpaired) electrons. The molecular formula is CH2F2O4. The van der Waals surface area contributed by atoms with Crippen LogP contribution in [0, 0.1) is 0 Å². The Balaban J connectivity index is 0. The summed E-state index contributed by atoms with van der Waals surface area (Å²) >= 11 is 0. The fourth-order valence-electron chi connectivity index (χ4n) is 0. The summed E-state index contributed by atoms with van der Waals surface area (Å²) in [6.45, 7) is 0. The Morgan fingerprint density at radius 2 is 1.43 bits per heavy atom. The maximum Gasteiger partial charge on any atom is 0.503 e. The molecule has 0 saturated carbocycles. The van der Waals surface area contributed by atoms with E-state index in [0.29, 0.717) is 0 Å². The van der Waals surface area contributed by atoms with Gasteiger partial charge in [-0.15, -0.1) is 0 Å². The van der Waals surface area contributed by atoms with E-state index in [1.54, 1.807) is 0 Å². The second-order valence-corrected chi connectivity index (χ2v) is 0.341. The molecule has 0 amide bonds. The minimum atomic E-state index is -1.83. The number of carbonyl (C=O) groups is 1. The van der Waals surface area contributed by atoms with Crippen molar-refractivity contribution in [1.82, 2.24) is 0 Å². The van der Waals surface area contributed by atoms with Crippen LogP contribution in [0.3, 0.4) is 0 Å². The van der Waals surface area contributed by atoms with Gasteiger partial charge in [0.05, 0.1) is 0 Å². The van der Waals surface area contributed by atoms with E-state index in [1.165, 1.54) is 5.15 Å². The lowest BCUT2D eigenvalue weighted by molar-refractivity contribution is -0.317. The third-order valence-corrected chi connectivity index (χ3v) is 0. The summed E-state index contributed by atoms with van der Waals surface area (Å²) < 4.78 is 18.2. The van der Waals surface area contributed by atoms with Crippen molar-refractivity contribution in [2.75, 3.05) is 0 Å². The average Bonchev–Trinajstić information content (AvgIpc) is 1.33. The molecule has 0 aromatic rings. The zero-order valence-corrected chi connectivity index (χ0v) is 2.97. The predicted molar refractivity (Wildman–Crippen MR) is 14.0 cm³/mol. The minimum absolute atomic E-state index is 1.25. The molecule has 0 rings (SSSR count). The van der Waals surface area contributed by atoms with Crippen molar-refractivity contribution in [1.29, 1.82) is 0 Å². The van der Waals surface area contributed by atoms with E-state index in [9.17, 15) is 0 Å². The van der Waals surface area contributed by atoms with Crippen LogP contribution in [0.2, 0.25) is 0 Å². The summed E-state index contributed by atoms with van der Waals surface area (Å²) in [6.07, 6.45) is -1.83. The summed E-state index contributed by atoms with van der Waals surface area (Å²) in [7, 11) is 0. The summed E-state index contributed by atoms with van der Waals surface area (Å²) in [5.74, 6) is 0. The maximum atomic E-state index is 9.12. The molecule has 6 heteroatoms. The van der Waals surface area contributed by atoms with Gasteiger partial charge in [-0.2, -0.15) is 0 Å². The van der Waals surface area contributed by atoms with Crippen molar-refractivity contribution in [2.24, 2.45) is 0 Å². The Kier molecular flexibility index (Phi) is 12.0. The molecule has 0 atom stereocenters. The molecule has 0 aromatic heterocycles. The molecule has 0 unspecified atom stereocenters. The van der Waals surface area contributed by atoms with Gasteiger partial charge in [-0.3, -0.25) is 0 Å². The number of hydrogen-bond acceptors (Lipinski definition) is 2. The highest BCUT2D eigenvalue weighted by Crippen LogP contribution is 1.61. The molecule has 44 valence electrons. The second kappa shape index (κ2) is 8.92. The normalized spacial score (nSPS) is 6.00. The van der Waals surface area contributed by atoms with Crippen molar-refractivity contribution in [3.05, 3.63) is 0 Å². The van der Waals surface area contributed by atoms with E-state index < -0.39 is 6.16 Å². The lowest BCUT2D eigenvalue weighted by Crippen LogP contribution is -1.81. The highest BCUT2D eigenvalue weighted by atomic mass is 19.6. The monoisotopic (exact) mass is 116 g/mol. The lowest BCUT2D eigenvalue weighted by atomic mass is 11.5. The summed E-state index contributed by atoms with van der Waals surface area (Å²) in [4.78, 5) is 8.56. The molecule has 4 nitrogen and oxygen atoms in total. The average molecular weight is 116 g/mol. The molecule has 0 heterocycles. The van der Waals surface area contributed by atoms with Crippen LogP contribution in [0.15, 0.2) is 0 Å². The molecule has 7 heavy (non-hydrogen) atoms. The predicted octanol–water partition coefficient (Wildman–Crippen LogP) is 0.994. The topological polar surface area (TPSA) is 66.8 Å². The molecule has 2 N–H and O–H groups in total. The first-order chi connectivity index (χ1) is 3.15. The SMILES string of the molecule is FOF.O=C(O)O. The first-order valence-electron chi connectivity index (χ1n) is 0.960. The first kappa shape index (κ1) is 9.43. The first-order valence-corrected chi connectivity index (χ1v) is 0.960. The summed E-state index contributed by atoms with van der Waals surface area (Å²) in [6, 6.07) is 0. The summed E-state index contributed by atoms with van der Waals surface area (Å²) in [5.41, 5.74) is 0. The minimum Gasteiger partial charge on any atom is -0.450 e. The van der Waals surface area contributed by atoms with Crippen molar-refractivity contribution >= 4 is 6.16 Å². The van der Waals surface area contributed by atoms with Crippen LogP contribution < -0.4 is 0 Å². The van der Waals surface area contributed by atoms with Gasteiger partial charge in [0.2, 0.25) is 0 Å². The highest BCUT2D eigenvalue weighted by Gasteiger charge is 1.70. The maximum absolute atomic E-state index is 9.12. The molecule has 0 aliphatic heterocycles. The lowest BCUT2D eigenvalue weighted by Gasteiger charge is -1.60. The van der Waals surface area contributed by atoms with Crippen LogP contribution in [0.4, 0.5) is 13.8 Å². The van der Waals surface area contributed by atoms with Crippen molar-refractivity contribution in [2.45, 2.75) is 0 Å². The second-order valence-electron chi connectivity index (χ2n) is 0.341. The fraction of sp³-hybridized carbons (Fsp3) is 0. The van der Waals surface area contributed by atoms with Gasteiger partial charge in [0.25, 0.3) is 0 Å². The van der Waals surface area contributed by atoms with Gasteiger partial charge in [0, 0.05) is 5.15 Å². The van der Waals surface area contributed by atoms with Crippen LogP contribution in [-0.4, -0.2) is 16.4 Å². The number of carboxylic acid groups (broad SMARTS) is 2. The standard InChI is InChI=1S/CH2O3.F2O/c2-1(3)4;1-3-2/h(H2,2,3,4);. The van der Waals surface area contributed by atoms with Gasteiger partial charge in [-0.05, 0) is 9.05 Å². The Bertz CT molecular complexity index is 41.0. The summed E-state index contributed by atoms with van der Waals surface area (Å²) in [5, 5.41) is 15.2. The Hall–Kier alpha value is -0.910. The van der Waals surface area contributed by atoms with E-state index in [4.69, 9.17) is 24.1 Å². The van der Waals surface area contributed by atoms with Gasteiger partial charge in [0.1, 0.15) is 0 Å². The zero-order valence-electron chi connectivity index (χ0n) is 2.97. The molecule has 0 bridgehead atoms. The van der Waals surface area contributed by atoms with Crippen LogP contribution >= 0.6 is 0 Å². The van der Waals surface area contributed by atoms with Crippen molar-refractivity contribution < 1.29 is 29.2 Å². The molecule has 0 spiro atoms. The molecule has 0 aliphatic rings. The Morgan fingerprint density at radius 1 is 1.43 bits per heavy atom. The van der Waals surface area contributed by atoms with Crippen molar-refractivity contribution in [3.8, 4) is 0 Å². The molecular weight excluding hydrogens is 114 g/mol. The highest BCUT2D eigenvalue weighted by molar-refractivity contribution is 5.53. The van der Waals surface area contributed by atoms with Gasteiger partial charge in [0.15, 0.2) is 0 Å². The molecule has 0 aliphatic carbocycles. The number of rotatable bonds is 0. The van der Waals surface area contributed by atoms with E-state index in [0.717, 1.165) is 0 Å². The van der Waals surface area contributed by atoms with Gasteiger partial charge < -0.3 is 10.2 Å². The third-order valence-electron chi connectivity index (χ3n) is 0. The van der Waals surface area contributed by atoms with E-state index in [-0.39, 0.29) is 0 Å². The van der Waals surface area contributed by atoms with Gasteiger partial charge in [-0.1, -0.05) is 0 Å². The van der Waals surface area contributed by atoms with Crippen LogP contribution in [-0.2, 0) is 5.15 Å². The zero-order chi connectivity index (χ0) is 6.28. The largest absolute Gasteiger partial charge is 0.503 e. The van der Waals surface area contributed by atoms with Crippen LogP contribution in [0.1, 0.15) is 0 Å². The van der Waals surface area contributed by atoms with Crippen LogP contribution in [0.25, 0.3) is 0 Å². The Labute approximate surface area is 36.7 Å². The van der Waals surface area contributed by atoms with E-state index in [2.05, 4.69) is 0 Å². The molecule has 0 saturated heterocycles. The Morgan fingerprint density at radius 3 is 1.43 bits per heavy atom. The van der Waals surface area contributed by atoms with Crippen LogP contribution in [0.5, 0.6) is 0 Å². The number of halogens is 2. The van der Waals surface area contributed by atoms with Gasteiger partial charge in [-0.25, -0.2) is 4.79 Å². The molecule has 0 fully saturated rings. The van der Waals surface area contributed by atoms with E-state index in [1.807, 2.05) is 0 Å². The smallest absolute Gasteiger partial charge is 0.450 e. The fourth-order valence-corrected chi connectivity index (χ4v) is 0. The van der Waals surface area contributed by atoms with E-state index >= 15 is 0 Å².